The van der Waals surface area contributed by atoms with Gasteiger partial charge >= 0.3 is 0 Å². The minimum absolute atomic E-state index is 0.300. The van der Waals surface area contributed by atoms with E-state index in [-0.39, 0.29) is 0 Å². The summed E-state index contributed by atoms with van der Waals surface area (Å²) in [4.78, 5) is 18.1. The monoisotopic (exact) mass is 360 g/mol. The molecule has 1 fully saturated rings. The molecule has 138 valence electrons. The van der Waals surface area contributed by atoms with Gasteiger partial charge in [0.05, 0.1) is 6.54 Å². The Hall–Kier alpha value is -2.99. The number of nitrogens with zero attached hydrogens (tertiary/aromatic N) is 5. The van der Waals surface area contributed by atoms with Crippen molar-refractivity contribution in [2.45, 2.75) is 13.0 Å². The molecule has 6 nitrogen and oxygen atoms in total. The van der Waals surface area contributed by atoms with Crippen LogP contribution in [-0.2, 0) is 13.0 Å². The van der Waals surface area contributed by atoms with Gasteiger partial charge < -0.3 is 10.6 Å². The van der Waals surface area contributed by atoms with Crippen LogP contribution in [0.3, 0.4) is 0 Å². The predicted octanol–water partition coefficient (Wildman–Crippen LogP) is 2.37. The van der Waals surface area contributed by atoms with Crippen molar-refractivity contribution in [3.63, 3.8) is 0 Å². The molecule has 2 heterocycles. The fraction of sp³-hybridized carbons (Fsp3) is 0.286. The summed E-state index contributed by atoms with van der Waals surface area (Å²) in [7, 11) is 0. The Labute approximate surface area is 159 Å². The van der Waals surface area contributed by atoms with Crippen LogP contribution in [0.1, 0.15) is 17.2 Å². The van der Waals surface area contributed by atoms with Crippen LogP contribution >= 0.6 is 0 Å². The second kappa shape index (κ2) is 8.14. The first kappa shape index (κ1) is 17.4. The predicted molar refractivity (Wildman–Crippen MR) is 107 cm³/mol. The first-order valence-corrected chi connectivity index (χ1v) is 9.32. The van der Waals surface area contributed by atoms with Gasteiger partial charge in [0.2, 0.25) is 5.95 Å². The highest BCUT2D eigenvalue weighted by atomic mass is 15.3. The Balaban J connectivity index is 1.38. The number of hydrogen-bond donors (Lipinski definition) is 1. The highest BCUT2D eigenvalue weighted by molar-refractivity contribution is 5.46. The van der Waals surface area contributed by atoms with E-state index in [4.69, 9.17) is 5.73 Å². The number of piperazine rings is 1. The summed E-state index contributed by atoms with van der Waals surface area (Å²) < 4.78 is 0. The van der Waals surface area contributed by atoms with E-state index in [1.54, 1.807) is 0 Å². The Kier molecular flexibility index (Phi) is 5.25. The molecule has 0 amide bonds. The van der Waals surface area contributed by atoms with E-state index in [1.807, 2.05) is 18.2 Å². The summed E-state index contributed by atoms with van der Waals surface area (Å²) in [5, 5.41) is 0. The van der Waals surface area contributed by atoms with Crippen LogP contribution in [-0.4, -0.2) is 46.0 Å². The molecule has 1 aliphatic heterocycles. The van der Waals surface area contributed by atoms with Crippen LogP contribution in [0.15, 0.2) is 60.7 Å². The topological polar surface area (TPSA) is 71.2 Å². The Morgan fingerprint density at radius 2 is 1.37 bits per heavy atom. The SMILES string of the molecule is Nc1nc(Cc2ccccc2)nc(CN2CCN(c3ccccc3)CC2)n1. The Bertz CT molecular complexity index is 860. The number of benzene rings is 2. The molecule has 0 radical (unpaired) electrons. The van der Waals surface area contributed by atoms with Gasteiger partial charge in [0.25, 0.3) is 0 Å². The largest absolute Gasteiger partial charge is 0.369 e. The molecule has 0 atom stereocenters. The lowest BCUT2D eigenvalue weighted by molar-refractivity contribution is 0.243. The third kappa shape index (κ3) is 4.60. The maximum atomic E-state index is 5.93. The van der Waals surface area contributed by atoms with E-state index >= 15 is 0 Å². The number of rotatable bonds is 5. The molecule has 1 saturated heterocycles. The fourth-order valence-electron chi connectivity index (χ4n) is 3.42. The van der Waals surface area contributed by atoms with Crippen LogP contribution < -0.4 is 10.6 Å². The zero-order chi connectivity index (χ0) is 18.5. The summed E-state index contributed by atoms with van der Waals surface area (Å²) in [5.41, 5.74) is 8.38. The number of nitrogens with two attached hydrogens (primary N) is 1. The van der Waals surface area contributed by atoms with Crippen LogP contribution in [0.5, 0.6) is 0 Å². The summed E-state index contributed by atoms with van der Waals surface area (Å²) >= 11 is 0. The zero-order valence-corrected chi connectivity index (χ0v) is 15.3. The van der Waals surface area contributed by atoms with Crippen LogP contribution in [0.4, 0.5) is 11.6 Å². The lowest BCUT2D eigenvalue weighted by Crippen LogP contribution is -2.46. The molecule has 2 aromatic carbocycles. The van der Waals surface area contributed by atoms with Gasteiger partial charge in [-0.3, -0.25) is 4.90 Å². The van der Waals surface area contributed by atoms with Gasteiger partial charge in [-0.1, -0.05) is 48.5 Å². The number of anilines is 2. The molecule has 1 aromatic heterocycles. The normalized spacial score (nSPS) is 15.0. The minimum atomic E-state index is 0.300. The average Bonchev–Trinajstić information content (AvgIpc) is 2.70. The van der Waals surface area contributed by atoms with Crippen molar-refractivity contribution in [2.24, 2.45) is 0 Å². The van der Waals surface area contributed by atoms with Gasteiger partial charge in [0.1, 0.15) is 11.6 Å². The molecule has 6 heteroatoms. The van der Waals surface area contributed by atoms with Crippen molar-refractivity contribution >= 4 is 11.6 Å². The van der Waals surface area contributed by atoms with Crippen molar-refractivity contribution in [2.75, 3.05) is 36.8 Å². The second-order valence-electron chi connectivity index (χ2n) is 6.79. The van der Waals surface area contributed by atoms with E-state index in [2.05, 4.69) is 67.2 Å². The molecule has 1 aliphatic rings. The molecule has 2 N–H and O–H groups in total. The molecule has 3 aromatic rings. The van der Waals surface area contributed by atoms with Crippen LogP contribution in [0.2, 0.25) is 0 Å². The molecular weight excluding hydrogens is 336 g/mol. The van der Waals surface area contributed by atoms with E-state index in [9.17, 15) is 0 Å². The Morgan fingerprint density at radius 1 is 0.741 bits per heavy atom. The highest BCUT2D eigenvalue weighted by Crippen LogP contribution is 2.16. The quantitative estimate of drug-likeness (QED) is 0.753. The summed E-state index contributed by atoms with van der Waals surface area (Å²) in [6.07, 6.45) is 0.669. The van der Waals surface area contributed by atoms with Gasteiger partial charge in [0, 0.05) is 38.3 Å². The zero-order valence-electron chi connectivity index (χ0n) is 15.3. The van der Waals surface area contributed by atoms with Gasteiger partial charge in [-0.25, -0.2) is 4.98 Å². The Morgan fingerprint density at radius 3 is 2.07 bits per heavy atom. The van der Waals surface area contributed by atoms with Gasteiger partial charge in [0.15, 0.2) is 0 Å². The number of aromatic nitrogens is 3. The van der Waals surface area contributed by atoms with Crippen molar-refractivity contribution in [1.29, 1.82) is 0 Å². The molecule has 4 rings (SSSR count). The third-order valence-electron chi connectivity index (χ3n) is 4.81. The summed E-state index contributed by atoms with van der Waals surface area (Å²) in [6, 6.07) is 20.7. The van der Waals surface area contributed by atoms with E-state index < -0.39 is 0 Å². The minimum Gasteiger partial charge on any atom is -0.369 e. The molecule has 0 spiro atoms. The lowest BCUT2D eigenvalue weighted by atomic mass is 10.1. The third-order valence-corrected chi connectivity index (χ3v) is 4.81. The maximum Gasteiger partial charge on any atom is 0.223 e. The fourth-order valence-corrected chi connectivity index (χ4v) is 3.42. The van der Waals surface area contributed by atoms with Crippen molar-refractivity contribution in [1.82, 2.24) is 19.9 Å². The molecule has 0 aliphatic carbocycles. The first-order chi connectivity index (χ1) is 13.3. The average molecular weight is 360 g/mol. The summed E-state index contributed by atoms with van der Waals surface area (Å²) in [5.74, 6) is 1.78. The maximum absolute atomic E-state index is 5.93. The van der Waals surface area contributed by atoms with Crippen LogP contribution in [0, 0.1) is 0 Å². The number of nitrogen functional groups attached to an aromatic ring is 1. The summed E-state index contributed by atoms with van der Waals surface area (Å²) in [6.45, 7) is 4.67. The van der Waals surface area contributed by atoms with Gasteiger partial charge in [-0.2, -0.15) is 9.97 Å². The molecule has 27 heavy (non-hydrogen) atoms. The smallest absolute Gasteiger partial charge is 0.223 e. The van der Waals surface area contributed by atoms with Crippen LogP contribution in [0.25, 0.3) is 0 Å². The standard InChI is InChI=1S/C21H24N6/c22-21-24-19(15-17-7-3-1-4-8-17)23-20(25-21)16-26-11-13-27(14-12-26)18-9-5-2-6-10-18/h1-10H,11-16H2,(H2,22,23,24,25). The van der Waals surface area contributed by atoms with Crippen molar-refractivity contribution in [3.8, 4) is 0 Å². The number of para-hydroxylation sites is 1. The molecule has 0 unspecified atom stereocenters. The van der Waals surface area contributed by atoms with Crippen molar-refractivity contribution in [3.05, 3.63) is 77.9 Å². The van der Waals surface area contributed by atoms with E-state index in [1.165, 1.54) is 11.3 Å². The van der Waals surface area contributed by atoms with Gasteiger partial charge in [-0.05, 0) is 17.7 Å². The first-order valence-electron chi connectivity index (χ1n) is 9.32. The van der Waals surface area contributed by atoms with E-state index in [0.717, 1.165) is 37.8 Å². The molecular formula is C21H24N6. The van der Waals surface area contributed by atoms with E-state index in [0.29, 0.717) is 18.9 Å². The van der Waals surface area contributed by atoms with Crippen molar-refractivity contribution < 1.29 is 0 Å². The molecule has 0 bridgehead atoms. The lowest BCUT2D eigenvalue weighted by Gasteiger charge is -2.35. The second-order valence-corrected chi connectivity index (χ2v) is 6.79. The highest BCUT2D eigenvalue weighted by Gasteiger charge is 2.18. The van der Waals surface area contributed by atoms with Gasteiger partial charge in [-0.15, -0.1) is 0 Å². The number of hydrogen-bond acceptors (Lipinski definition) is 6. The molecule has 0 saturated carbocycles.